The molecule has 2 bridgehead atoms. The first kappa shape index (κ1) is 11.5. The van der Waals surface area contributed by atoms with E-state index in [4.69, 9.17) is 19.2 Å². The number of hydrogen-bond donors (Lipinski definition) is 0. The maximum atomic E-state index is 6.06. The van der Waals surface area contributed by atoms with Crippen molar-refractivity contribution in [3.05, 3.63) is 11.8 Å². The molecule has 1 saturated carbocycles. The molecular weight excluding hydrogens is 220 g/mol. The van der Waals surface area contributed by atoms with Crippen molar-refractivity contribution in [2.75, 3.05) is 7.11 Å². The Morgan fingerprint density at radius 1 is 1.35 bits per heavy atom. The Morgan fingerprint density at radius 2 is 2.12 bits per heavy atom. The maximum Gasteiger partial charge on any atom is 0.226 e. The van der Waals surface area contributed by atoms with E-state index >= 15 is 0 Å². The van der Waals surface area contributed by atoms with Gasteiger partial charge in [0.15, 0.2) is 0 Å². The summed E-state index contributed by atoms with van der Waals surface area (Å²) in [5, 5.41) is 0. The maximum absolute atomic E-state index is 6.06. The molecule has 17 heavy (non-hydrogen) atoms. The number of hydrogen-bond acceptors (Lipinski definition) is 4. The molecule has 0 saturated heterocycles. The summed E-state index contributed by atoms with van der Waals surface area (Å²) in [6, 6.07) is 0. The second-order valence-electron chi connectivity index (χ2n) is 6.10. The van der Waals surface area contributed by atoms with E-state index < -0.39 is 0 Å². The van der Waals surface area contributed by atoms with Gasteiger partial charge in [0.1, 0.15) is 11.4 Å². The van der Waals surface area contributed by atoms with Gasteiger partial charge in [-0.05, 0) is 25.2 Å². The van der Waals surface area contributed by atoms with Crippen LogP contribution in [0.4, 0.5) is 0 Å². The van der Waals surface area contributed by atoms with Crippen LogP contribution in [0.1, 0.15) is 33.6 Å². The summed E-state index contributed by atoms with van der Waals surface area (Å²) in [5.74, 6) is 1.10. The minimum atomic E-state index is -0.377. The molecule has 2 aliphatic heterocycles. The highest BCUT2D eigenvalue weighted by atomic mass is 17.2. The topological polar surface area (TPSA) is 36.9 Å². The van der Waals surface area contributed by atoms with Crippen molar-refractivity contribution < 1.29 is 19.2 Å². The number of methoxy groups -OCH3 is 1. The summed E-state index contributed by atoms with van der Waals surface area (Å²) in [6.07, 6.45) is 3.76. The summed E-state index contributed by atoms with van der Waals surface area (Å²) in [6.45, 7) is 6.63. The number of fused-ring (bicyclic) bond motifs is 3. The molecule has 0 aromatic heterocycles. The number of rotatable bonds is 1. The average Bonchev–Trinajstić information content (AvgIpc) is 2.59. The van der Waals surface area contributed by atoms with Crippen LogP contribution in [0.5, 0.6) is 0 Å². The molecule has 0 amide bonds. The van der Waals surface area contributed by atoms with E-state index in [1.54, 1.807) is 7.11 Å². The summed E-state index contributed by atoms with van der Waals surface area (Å²) < 4.78 is 11.7. The molecule has 0 spiro atoms. The molecule has 3 rings (SSSR count). The Kier molecular flexibility index (Phi) is 2.35. The molecule has 4 atom stereocenters. The highest BCUT2D eigenvalue weighted by molar-refractivity contribution is 5.20. The van der Waals surface area contributed by atoms with Crippen molar-refractivity contribution in [3.63, 3.8) is 0 Å². The average molecular weight is 240 g/mol. The Hall–Kier alpha value is -0.580. The van der Waals surface area contributed by atoms with Crippen LogP contribution in [0.15, 0.2) is 11.8 Å². The fourth-order valence-corrected chi connectivity index (χ4v) is 3.80. The van der Waals surface area contributed by atoms with Crippen molar-refractivity contribution in [3.8, 4) is 0 Å². The predicted octanol–water partition coefficient (Wildman–Crippen LogP) is 2.40. The first-order chi connectivity index (χ1) is 7.97. The van der Waals surface area contributed by atoms with Crippen molar-refractivity contribution in [1.29, 1.82) is 0 Å². The predicted molar refractivity (Wildman–Crippen MR) is 60.8 cm³/mol. The van der Waals surface area contributed by atoms with Gasteiger partial charge in [-0.3, -0.25) is 0 Å². The van der Waals surface area contributed by atoms with Crippen LogP contribution >= 0.6 is 0 Å². The molecule has 96 valence electrons. The van der Waals surface area contributed by atoms with E-state index in [0.29, 0.717) is 0 Å². The van der Waals surface area contributed by atoms with Gasteiger partial charge >= 0.3 is 0 Å². The Bertz CT molecular complexity index is 362. The lowest BCUT2D eigenvalue weighted by atomic mass is 9.59. The third kappa shape index (κ3) is 1.47. The Labute approximate surface area is 102 Å². The molecular formula is C13H20O4. The SMILES string of the molecule is CO[C@@H]1CCC(C)(C)C2C3=C[C@@H](OO3)O[C@]21C. The van der Waals surface area contributed by atoms with Crippen LogP contribution in [0.2, 0.25) is 0 Å². The molecule has 3 aliphatic rings. The molecule has 0 aromatic rings. The Balaban J connectivity index is 2.05. The minimum Gasteiger partial charge on any atom is -0.378 e. The van der Waals surface area contributed by atoms with Crippen LogP contribution in [0, 0.1) is 11.3 Å². The van der Waals surface area contributed by atoms with E-state index in [1.807, 2.05) is 6.08 Å². The summed E-state index contributed by atoms with van der Waals surface area (Å²) in [5.41, 5.74) is -0.226. The van der Waals surface area contributed by atoms with E-state index in [1.165, 1.54) is 0 Å². The van der Waals surface area contributed by atoms with Gasteiger partial charge in [-0.2, -0.15) is 4.89 Å². The standard InChI is InChI=1S/C13H20O4/c1-12(2)6-5-9(14-4)13(3)11(12)8-7-10(15-13)17-16-8/h7,9-11H,5-6H2,1-4H3/t9-,10-,11?,13+/m1/s1. The molecule has 0 aromatic carbocycles. The molecule has 2 heterocycles. The highest BCUT2D eigenvalue weighted by Gasteiger charge is 2.60. The zero-order chi connectivity index (χ0) is 12.3. The molecule has 0 radical (unpaired) electrons. The zero-order valence-electron chi connectivity index (χ0n) is 10.9. The summed E-state index contributed by atoms with van der Waals surface area (Å²) in [7, 11) is 1.75. The second-order valence-corrected chi connectivity index (χ2v) is 6.10. The van der Waals surface area contributed by atoms with E-state index in [0.717, 1.165) is 18.6 Å². The lowest BCUT2D eigenvalue weighted by molar-refractivity contribution is -0.327. The largest absolute Gasteiger partial charge is 0.378 e. The van der Waals surface area contributed by atoms with Crippen molar-refractivity contribution in [2.45, 2.75) is 51.6 Å². The van der Waals surface area contributed by atoms with Crippen LogP contribution in [0.25, 0.3) is 0 Å². The third-order valence-corrected chi connectivity index (χ3v) is 4.52. The van der Waals surface area contributed by atoms with E-state index in [-0.39, 0.29) is 29.3 Å². The van der Waals surface area contributed by atoms with E-state index in [9.17, 15) is 0 Å². The van der Waals surface area contributed by atoms with Crippen molar-refractivity contribution in [2.24, 2.45) is 11.3 Å². The first-order valence-electron chi connectivity index (χ1n) is 6.23. The van der Waals surface area contributed by atoms with Crippen molar-refractivity contribution in [1.82, 2.24) is 0 Å². The van der Waals surface area contributed by atoms with Gasteiger partial charge in [0.05, 0.1) is 12.0 Å². The molecule has 0 N–H and O–H groups in total. The van der Waals surface area contributed by atoms with Crippen LogP contribution < -0.4 is 0 Å². The molecule has 4 nitrogen and oxygen atoms in total. The lowest BCUT2D eigenvalue weighted by Gasteiger charge is -2.53. The fourth-order valence-electron chi connectivity index (χ4n) is 3.80. The third-order valence-electron chi connectivity index (χ3n) is 4.52. The van der Waals surface area contributed by atoms with Crippen LogP contribution in [-0.4, -0.2) is 25.1 Å². The minimum absolute atomic E-state index is 0.0945. The summed E-state index contributed by atoms with van der Waals surface area (Å²) in [4.78, 5) is 10.5. The van der Waals surface area contributed by atoms with Gasteiger partial charge < -0.3 is 14.4 Å². The first-order valence-corrected chi connectivity index (χ1v) is 6.23. The normalized spacial score (nSPS) is 47.1. The summed E-state index contributed by atoms with van der Waals surface area (Å²) >= 11 is 0. The highest BCUT2D eigenvalue weighted by Crippen LogP contribution is 2.56. The van der Waals surface area contributed by atoms with Crippen LogP contribution in [-0.2, 0) is 19.2 Å². The van der Waals surface area contributed by atoms with E-state index in [2.05, 4.69) is 20.8 Å². The molecule has 4 heteroatoms. The van der Waals surface area contributed by atoms with Gasteiger partial charge in [0.2, 0.25) is 6.29 Å². The quantitative estimate of drug-likeness (QED) is 0.659. The van der Waals surface area contributed by atoms with Gasteiger partial charge in [0.25, 0.3) is 0 Å². The molecule has 1 unspecified atom stereocenters. The molecule has 1 aliphatic carbocycles. The lowest BCUT2D eigenvalue weighted by Crippen LogP contribution is -2.60. The smallest absolute Gasteiger partial charge is 0.226 e. The second kappa shape index (κ2) is 3.46. The number of ether oxygens (including phenoxy) is 2. The molecule has 1 fully saturated rings. The van der Waals surface area contributed by atoms with Crippen molar-refractivity contribution >= 4 is 0 Å². The van der Waals surface area contributed by atoms with Gasteiger partial charge in [-0.25, -0.2) is 0 Å². The Morgan fingerprint density at radius 3 is 2.82 bits per heavy atom. The van der Waals surface area contributed by atoms with Gasteiger partial charge in [0, 0.05) is 13.2 Å². The van der Waals surface area contributed by atoms with Crippen LogP contribution in [0.3, 0.4) is 0 Å². The van der Waals surface area contributed by atoms with Gasteiger partial charge in [-0.1, -0.05) is 13.8 Å². The van der Waals surface area contributed by atoms with Gasteiger partial charge in [-0.15, -0.1) is 0 Å². The zero-order valence-corrected chi connectivity index (χ0v) is 10.9. The monoisotopic (exact) mass is 240 g/mol. The fraction of sp³-hybridized carbons (Fsp3) is 0.846.